The highest BCUT2D eigenvalue weighted by atomic mass is 79.9. The second-order valence-electron chi connectivity index (χ2n) is 2.32. The number of carbonyl (C=O) groups is 1. The molecule has 0 heterocycles. The minimum absolute atomic E-state index is 0.331. The van der Waals surface area contributed by atoms with E-state index in [1.165, 1.54) is 24.3 Å². The van der Waals surface area contributed by atoms with Gasteiger partial charge >= 0.3 is 0 Å². The molecule has 0 saturated carbocycles. The van der Waals surface area contributed by atoms with Crippen molar-refractivity contribution < 1.29 is 9.18 Å². The number of alkyl halides is 1. The summed E-state index contributed by atoms with van der Waals surface area (Å²) in [7, 11) is 0. The van der Waals surface area contributed by atoms with Gasteiger partial charge in [-0.15, -0.1) is 0 Å². The van der Waals surface area contributed by atoms with Gasteiger partial charge in [-0.3, -0.25) is 4.79 Å². The van der Waals surface area contributed by atoms with Gasteiger partial charge in [-0.05, 0) is 17.7 Å². The largest absolute Gasteiger partial charge is 0.368 e. The molecule has 2 N–H and O–H groups in total. The second-order valence-corrected chi connectivity index (χ2v) is 3.23. The minimum atomic E-state index is -0.543. The lowest BCUT2D eigenvalue weighted by Crippen LogP contribution is -2.16. The average molecular weight is 232 g/mol. The minimum Gasteiger partial charge on any atom is -0.368 e. The van der Waals surface area contributed by atoms with Crippen LogP contribution in [0, 0.1) is 5.82 Å². The van der Waals surface area contributed by atoms with Crippen molar-refractivity contribution in [2.45, 2.75) is 4.83 Å². The highest BCUT2D eigenvalue weighted by Crippen LogP contribution is 2.21. The molecule has 4 heteroatoms. The summed E-state index contributed by atoms with van der Waals surface area (Å²) in [5, 5.41) is 0. The van der Waals surface area contributed by atoms with Gasteiger partial charge in [0, 0.05) is 0 Å². The van der Waals surface area contributed by atoms with Gasteiger partial charge in [-0.25, -0.2) is 4.39 Å². The summed E-state index contributed by atoms with van der Waals surface area (Å²) in [5.74, 6) is -0.815. The predicted octanol–water partition coefficient (Wildman–Crippen LogP) is 1.75. The van der Waals surface area contributed by atoms with Gasteiger partial charge in [0.1, 0.15) is 10.6 Å². The molecule has 64 valence electrons. The van der Waals surface area contributed by atoms with Crippen molar-refractivity contribution >= 4 is 21.8 Å². The monoisotopic (exact) mass is 231 g/mol. The summed E-state index contributed by atoms with van der Waals surface area (Å²) in [6.07, 6.45) is 0. The molecule has 0 aliphatic heterocycles. The lowest BCUT2D eigenvalue weighted by molar-refractivity contribution is -0.117. The maximum absolute atomic E-state index is 12.4. The van der Waals surface area contributed by atoms with Gasteiger partial charge < -0.3 is 5.73 Å². The number of rotatable bonds is 2. The van der Waals surface area contributed by atoms with Crippen LogP contribution in [-0.2, 0) is 4.79 Å². The Kier molecular flexibility index (Phi) is 2.81. The van der Waals surface area contributed by atoms with Crippen LogP contribution in [0.25, 0.3) is 0 Å². The van der Waals surface area contributed by atoms with Gasteiger partial charge in [0.25, 0.3) is 0 Å². The normalized spacial score (nSPS) is 12.5. The van der Waals surface area contributed by atoms with Crippen LogP contribution in [0.2, 0.25) is 0 Å². The van der Waals surface area contributed by atoms with Crippen molar-refractivity contribution in [1.82, 2.24) is 0 Å². The molecule has 0 aromatic heterocycles. The molecule has 12 heavy (non-hydrogen) atoms. The Labute approximate surface area is 77.7 Å². The summed E-state index contributed by atoms with van der Waals surface area (Å²) >= 11 is 3.08. The summed E-state index contributed by atoms with van der Waals surface area (Å²) in [6.45, 7) is 0. The maximum atomic E-state index is 12.4. The van der Waals surface area contributed by atoms with Crippen molar-refractivity contribution in [1.29, 1.82) is 0 Å². The zero-order chi connectivity index (χ0) is 9.14. The average Bonchev–Trinajstić information content (AvgIpc) is 2.04. The van der Waals surface area contributed by atoms with Crippen LogP contribution in [0.1, 0.15) is 10.4 Å². The Morgan fingerprint density at radius 1 is 1.42 bits per heavy atom. The summed E-state index contributed by atoms with van der Waals surface area (Å²) in [6, 6.07) is 5.60. The molecule has 1 unspecified atom stereocenters. The lowest BCUT2D eigenvalue weighted by atomic mass is 10.1. The van der Waals surface area contributed by atoms with Gasteiger partial charge in [-0.1, -0.05) is 28.1 Å². The number of hydrogen-bond acceptors (Lipinski definition) is 1. The van der Waals surface area contributed by atoms with Crippen LogP contribution in [0.5, 0.6) is 0 Å². The molecule has 1 atom stereocenters. The maximum Gasteiger partial charge on any atom is 0.235 e. The standard InChI is InChI=1S/C8H7BrFNO/c9-7(8(11)12)5-1-3-6(10)4-2-5/h1-4,7H,(H2,11,12). The van der Waals surface area contributed by atoms with E-state index in [0.717, 1.165) is 0 Å². The molecule has 0 spiro atoms. The third kappa shape index (κ3) is 2.04. The molecular formula is C8H7BrFNO. The number of benzene rings is 1. The first kappa shape index (κ1) is 9.19. The smallest absolute Gasteiger partial charge is 0.235 e. The Morgan fingerprint density at radius 3 is 2.33 bits per heavy atom. The number of amides is 1. The first-order valence-electron chi connectivity index (χ1n) is 3.30. The molecule has 1 aromatic carbocycles. The molecule has 1 rings (SSSR count). The van der Waals surface area contributed by atoms with Crippen LogP contribution in [-0.4, -0.2) is 5.91 Å². The first-order chi connectivity index (χ1) is 5.61. The molecule has 1 amide bonds. The van der Waals surface area contributed by atoms with Crippen LogP contribution in [0.3, 0.4) is 0 Å². The van der Waals surface area contributed by atoms with Crippen LogP contribution < -0.4 is 5.73 Å². The molecule has 0 aliphatic rings. The summed E-state index contributed by atoms with van der Waals surface area (Å²) in [4.78, 5) is 10.1. The van der Waals surface area contributed by atoms with Crippen molar-refractivity contribution in [3.63, 3.8) is 0 Å². The zero-order valence-electron chi connectivity index (χ0n) is 6.13. The van der Waals surface area contributed by atoms with Crippen molar-refractivity contribution in [2.24, 2.45) is 5.73 Å². The van der Waals surface area contributed by atoms with E-state index >= 15 is 0 Å². The second kappa shape index (κ2) is 3.67. The zero-order valence-corrected chi connectivity index (χ0v) is 7.71. The Hall–Kier alpha value is -0.900. The molecule has 0 fully saturated rings. The van der Waals surface area contributed by atoms with E-state index in [-0.39, 0.29) is 5.82 Å². The van der Waals surface area contributed by atoms with Gasteiger partial charge in [-0.2, -0.15) is 0 Å². The summed E-state index contributed by atoms with van der Waals surface area (Å²) < 4.78 is 12.4. The number of primary amides is 1. The Balaban J connectivity index is 2.89. The number of hydrogen-bond donors (Lipinski definition) is 1. The number of halogens is 2. The van der Waals surface area contributed by atoms with E-state index in [9.17, 15) is 9.18 Å². The van der Waals surface area contributed by atoms with E-state index in [1.54, 1.807) is 0 Å². The fraction of sp³-hybridized carbons (Fsp3) is 0.125. The molecule has 1 aromatic rings. The molecule has 0 saturated heterocycles. The predicted molar refractivity (Wildman–Crippen MR) is 47.3 cm³/mol. The van der Waals surface area contributed by atoms with Crippen LogP contribution in [0.15, 0.2) is 24.3 Å². The third-order valence-electron chi connectivity index (χ3n) is 1.41. The van der Waals surface area contributed by atoms with E-state index in [4.69, 9.17) is 5.73 Å². The summed E-state index contributed by atoms with van der Waals surface area (Å²) in [5.41, 5.74) is 5.68. The van der Waals surface area contributed by atoms with Crippen molar-refractivity contribution in [3.05, 3.63) is 35.6 Å². The molecule has 0 radical (unpaired) electrons. The quantitative estimate of drug-likeness (QED) is 0.775. The SMILES string of the molecule is NC(=O)C(Br)c1ccc(F)cc1. The Bertz CT molecular complexity index is 286. The molecule has 2 nitrogen and oxygen atoms in total. The van der Waals surface area contributed by atoms with E-state index in [2.05, 4.69) is 15.9 Å². The molecule has 0 aliphatic carbocycles. The lowest BCUT2D eigenvalue weighted by Gasteiger charge is -2.04. The fourth-order valence-electron chi connectivity index (χ4n) is 0.796. The highest BCUT2D eigenvalue weighted by molar-refractivity contribution is 9.09. The van der Waals surface area contributed by atoms with Gasteiger partial charge in [0.2, 0.25) is 5.91 Å². The van der Waals surface area contributed by atoms with Crippen LogP contribution in [0.4, 0.5) is 4.39 Å². The fourth-order valence-corrected chi connectivity index (χ4v) is 1.10. The number of carbonyl (C=O) groups excluding carboxylic acids is 1. The van der Waals surface area contributed by atoms with E-state index < -0.39 is 10.7 Å². The van der Waals surface area contributed by atoms with E-state index in [1.807, 2.05) is 0 Å². The Morgan fingerprint density at radius 2 is 1.92 bits per heavy atom. The van der Waals surface area contributed by atoms with Gasteiger partial charge in [0.05, 0.1) is 0 Å². The molecular weight excluding hydrogens is 225 g/mol. The van der Waals surface area contributed by atoms with E-state index in [0.29, 0.717) is 5.56 Å². The highest BCUT2D eigenvalue weighted by Gasteiger charge is 2.12. The first-order valence-corrected chi connectivity index (χ1v) is 4.21. The van der Waals surface area contributed by atoms with Crippen molar-refractivity contribution in [2.75, 3.05) is 0 Å². The molecule has 0 bridgehead atoms. The number of nitrogens with two attached hydrogens (primary N) is 1. The third-order valence-corrected chi connectivity index (χ3v) is 2.39. The van der Waals surface area contributed by atoms with Crippen LogP contribution >= 0.6 is 15.9 Å². The topological polar surface area (TPSA) is 43.1 Å². The van der Waals surface area contributed by atoms with Crippen molar-refractivity contribution in [3.8, 4) is 0 Å². The van der Waals surface area contributed by atoms with Gasteiger partial charge in [0.15, 0.2) is 0 Å².